The maximum absolute atomic E-state index is 10.6. The van der Waals surface area contributed by atoms with Gasteiger partial charge < -0.3 is 15.9 Å². The van der Waals surface area contributed by atoms with Crippen molar-refractivity contribution in [2.24, 2.45) is 0 Å². The molecule has 1 heterocycles. The zero-order valence-corrected chi connectivity index (χ0v) is 9.26. The summed E-state index contributed by atoms with van der Waals surface area (Å²) in [6.45, 7) is 2.85. The van der Waals surface area contributed by atoms with E-state index < -0.39 is 4.92 Å². The molecule has 1 aliphatic heterocycles. The molecule has 0 radical (unpaired) electrons. The fraction of sp³-hybridized carbons (Fsp3) is 0.400. The summed E-state index contributed by atoms with van der Waals surface area (Å²) in [6, 6.07) is 4.39. The van der Waals surface area contributed by atoms with E-state index in [9.17, 15) is 10.1 Å². The quantitative estimate of drug-likeness (QED) is 0.460. The van der Waals surface area contributed by atoms with Gasteiger partial charge in [-0.15, -0.1) is 0 Å². The van der Waals surface area contributed by atoms with Gasteiger partial charge in [-0.25, -0.2) is 5.01 Å². The summed E-state index contributed by atoms with van der Waals surface area (Å²) in [5.41, 5.74) is 9.91. The van der Waals surface area contributed by atoms with Crippen molar-refractivity contribution in [1.82, 2.24) is 5.01 Å². The first-order valence-electron chi connectivity index (χ1n) is 5.30. The molecule has 2 rings (SSSR count). The summed E-state index contributed by atoms with van der Waals surface area (Å²) in [5, 5.41) is 12.5. The van der Waals surface area contributed by atoms with Crippen LogP contribution in [0.3, 0.4) is 0 Å². The van der Waals surface area contributed by atoms with E-state index in [1.807, 2.05) is 5.01 Å². The molecule has 0 spiro atoms. The highest BCUT2D eigenvalue weighted by Crippen LogP contribution is 2.24. The van der Waals surface area contributed by atoms with Crippen LogP contribution in [0.25, 0.3) is 0 Å². The first-order chi connectivity index (χ1) is 8.16. The second-order valence-electron chi connectivity index (χ2n) is 3.74. The predicted octanol–water partition coefficient (Wildman–Crippen LogP) is 0.836. The number of non-ortho nitro benzene ring substituents is 1. The Bertz CT molecular complexity index is 418. The number of nitrogens with one attached hydrogen (secondary N) is 1. The third-order valence-corrected chi connectivity index (χ3v) is 2.54. The molecular formula is C10H14N4O3. The van der Waals surface area contributed by atoms with E-state index in [4.69, 9.17) is 10.5 Å². The molecule has 1 fully saturated rings. The number of anilines is 2. The van der Waals surface area contributed by atoms with Crippen molar-refractivity contribution in [1.29, 1.82) is 0 Å². The molecule has 92 valence electrons. The molecule has 1 aromatic rings. The third-order valence-electron chi connectivity index (χ3n) is 2.54. The lowest BCUT2D eigenvalue weighted by Crippen LogP contribution is -2.40. The van der Waals surface area contributed by atoms with Crippen LogP contribution in [0.15, 0.2) is 18.2 Å². The molecule has 1 aliphatic rings. The molecule has 1 saturated heterocycles. The first-order valence-corrected chi connectivity index (χ1v) is 5.30. The van der Waals surface area contributed by atoms with Gasteiger partial charge in [-0.1, -0.05) is 0 Å². The summed E-state index contributed by atoms with van der Waals surface area (Å²) < 4.78 is 5.22. The summed E-state index contributed by atoms with van der Waals surface area (Å²) in [6.07, 6.45) is 0. The van der Waals surface area contributed by atoms with Gasteiger partial charge in [-0.05, 0) is 6.07 Å². The molecule has 3 N–H and O–H groups in total. The van der Waals surface area contributed by atoms with Gasteiger partial charge in [0.25, 0.3) is 5.69 Å². The standard InChI is InChI=1S/C10H14N4O3/c11-9-7-8(14(15)16)1-2-10(9)12-13-3-5-17-6-4-13/h1-2,7,12H,3-6,11H2. The highest BCUT2D eigenvalue weighted by Gasteiger charge is 2.13. The van der Waals surface area contributed by atoms with E-state index in [1.54, 1.807) is 6.07 Å². The van der Waals surface area contributed by atoms with E-state index in [2.05, 4.69) is 5.43 Å². The van der Waals surface area contributed by atoms with Crippen LogP contribution in [0.1, 0.15) is 0 Å². The number of hydrogen-bond donors (Lipinski definition) is 2. The van der Waals surface area contributed by atoms with Crippen LogP contribution in [0.4, 0.5) is 17.1 Å². The Morgan fingerprint density at radius 1 is 1.41 bits per heavy atom. The zero-order chi connectivity index (χ0) is 12.3. The number of hydrogen-bond acceptors (Lipinski definition) is 6. The number of nitrogen functional groups attached to an aromatic ring is 1. The molecule has 0 saturated carbocycles. The van der Waals surface area contributed by atoms with Crippen LogP contribution in [-0.2, 0) is 4.74 Å². The van der Waals surface area contributed by atoms with Crippen molar-refractivity contribution in [2.45, 2.75) is 0 Å². The number of rotatable bonds is 3. The second-order valence-corrected chi connectivity index (χ2v) is 3.74. The topological polar surface area (TPSA) is 93.7 Å². The first kappa shape index (κ1) is 11.6. The minimum absolute atomic E-state index is 0.00460. The van der Waals surface area contributed by atoms with Gasteiger partial charge >= 0.3 is 0 Å². The maximum atomic E-state index is 10.6. The Morgan fingerprint density at radius 2 is 2.12 bits per heavy atom. The number of nitrogens with two attached hydrogens (primary N) is 1. The molecule has 7 heteroatoms. The van der Waals surface area contributed by atoms with Crippen LogP contribution in [0, 0.1) is 10.1 Å². The van der Waals surface area contributed by atoms with Crippen LogP contribution in [0.5, 0.6) is 0 Å². The highest BCUT2D eigenvalue weighted by atomic mass is 16.6. The van der Waals surface area contributed by atoms with Crippen molar-refractivity contribution in [3.05, 3.63) is 28.3 Å². The van der Waals surface area contributed by atoms with Crippen molar-refractivity contribution in [3.63, 3.8) is 0 Å². The Labute approximate surface area is 98.3 Å². The van der Waals surface area contributed by atoms with Gasteiger partial charge in [0.15, 0.2) is 0 Å². The number of hydrazine groups is 1. The van der Waals surface area contributed by atoms with Gasteiger partial charge in [0.1, 0.15) is 0 Å². The molecule has 0 aliphatic carbocycles. The Kier molecular flexibility index (Phi) is 3.40. The molecule has 0 aromatic heterocycles. The average Bonchev–Trinajstić information content (AvgIpc) is 2.33. The lowest BCUT2D eigenvalue weighted by Gasteiger charge is -2.28. The zero-order valence-electron chi connectivity index (χ0n) is 9.26. The molecule has 0 bridgehead atoms. The molecule has 0 amide bonds. The normalized spacial score (nSPS) is 16.7. The van der Waals surface area contributed by atoms with Crippen LogP contribution in [-0.4, -0.2) is 36.2 Å². The monoisotopic (exact) mass is 238 g/mol. The molecule has 7 nitrogen and oxygen atoms in total. The van der Waals surface area contributed by atoms with Crippen molar-refractivity contribution >= 4 is 17.1 Å². The van der Waals surface area contributed by atoms with E-state index in [0.29, 0.717) is 24.6 Å². The van der Waals surface area contributed by atoms with Gasteiger partial charge in [0, 0.05) is 25.2 Å². The average molecular weight is 238 g/mol. The minimum Gasteiger partial charge on any atom is -0.397 e. The summed E-state index contributed by atoms with van der Waals surface area (Å²) in [5.74, 6) is 0. The van der Waals surface area contributed by atoms with E-state index >= 15 is 0 Å². The maximum Gasteiger partial charge on any atom is 0.271 e. The fourth-order valence-corrected chi connectivity index (χ4v) is 1.61. The van der Waals surface area contributed by atoms with Gasteiger partial charge in [0.05, 0.1) is 29.5 Å². The van der Waals surface area contributed by atoms with Crippen LogP contribution < -0.4 is 11.2 Å². The smallest absolute Gasteiger partial charge is 0.271 e. The van der Waals surface area contributed by atoms with Crippen LogP contribution in [0.2, 0.25) is 0 Å². The molecule has 1 aromatic carbocycles. The Morgan fingerprint density at radius 3 is 2.71 bits per heavy atom. The van der Waals surface area contributed by atoms with Gasteiger partial charge in [0.2, 0.25) is 0 Å². The number of nitro benzene ring substituents is 1. The number of nitro groups is 1. The third kappa shape index (κ3) is 2.83. The van der Waals surface area contributed by atoms with E-state index in [-0.39, 0.29) is 5.69 Å². The largest absolute Gasteiger partial charge is 0.397 e. The Hall–Kier alpha value is -1.86. The number of morpholine rings is 1. The second kappa shape index (κ2) is 4.98. The lowest BCUT2D eigenvalue weighted by atomic mass is 10.2. The van der Waals surface area contributed by atoms with Gasteiger partial charge in [-0.2, -0.15) is 0 Å². The molecule has 17 heavy (non-hydrogen) atoms. The molecular weight excluding hydrogens is 224 g/mol. The SMILES string of the molecule is Nc1cc([N+](=O)[O-])ccc1NN1CCOCC1. The number of ether oxygens (including phenoxy) is 1. The fourth-order valence-electron chi connectivity index (χ4n) is 1.61. The van der Waals surface area contributed by atoms with E-state index in [1.165, 1.54) is 12.1 Å². The summed E-state index contributed by atoms with van der Waals surface area (Å²) in [4.78, 5) is 10.1. The Balaban J connectivity index is 2.08. The van der Waals surface area contributed by atoms with Crippen LogP contribution >= 0.6 is 0 Å². The van der Waals surface area contributed by atoms with Crippen molar-refractivity contribution in [3.8, 4) is 0 Å². The lowest BCUT2D eigenvalue weighted by molar-refractivity contribution is -0.384. The predicted molar refractivity (Wildman–Crippen MR) is 63.5 cm³/mol. The number of nitrogens with zero attached hydrogens (tertiary/aromatic N) is 2. The summed E-state index contributed by atoms with van der Waals surface area (Å²) in [7, 11) is 0. The van der Waals surface area contributed by atoms with Gasteiger partial charge in [-0.3, -0.25) is 10.1 Å². The van der Waals surface area contributed by atoms with E-state index in [0.717, 1.165) is 13.1 Å². The van der Waals surface area contributed by atoms with Crippen molar-refractivity contribution in [2.75, 3.05) is 37.5 Å². The summed E-state index contributed by atoms with van der Waals surface area (Å²) >= 11 is 0. The highest BCUT2D eigenvalue weighted by molar-refractivity contribution is 5.68. The van der Waals surface area contributed by atoms with Crippen molar-refractivity contribution < 1.29 is 9.66 Å². The minimum atomic E-state index is -0.463. The molecule has 0 unspecified atom stereocenters. The number of benzene rings is 1. The molecule has 0 atom stereocenters.